The first-order valence-electron chi connectivity index (χ1n) is 6.16. The minimum atomic E-state index is -1.62. The summed E-state index contributed by atoms with van der Waals surface area (Å²) in [6.07, 6.45) is 2.41. The van der Waals surface area contributed by atoms with Crippen molar-refractivity contribution in [1.82, 2.24) is 0 Å². The van der Waals surface area contributed by atoms with E-state index in [1.165, 1.54) is 25.3 Å². The normalized spacial score (nSPS) is 10.9. The Bertz CT molecular complexity index is 731. The van der Waals surface area contributed by atoms with Gasteiger partial charge in [-0.3, -0.25) is 4.79 Å². The number of carbonyl (C=O) groups is 1. The van der Waals surface area contributed by atoms with Crippen LogP contribution in [0.2, 0.25) is 0 Å². The average molecular weight is 308 g/mol. The van der Waals surface area contributed by atoms with Crippen LogP contribution in [0.4, 0.5) is 13.2 Å². The van der Waals surface area contributed by atoms with E-state index >= 15 is 0 Å². The lowest BCUT2D eigenvalue weighted by Crippen LogP contribution is -2.00. The van der Waals surface area contributed by atoms with Gasteiger partial charge in [-0.2, -0.15) is 0 Å². The van der Waals surface area contributed by atoms with Crippen molar-refractivity contribution in [2.75, 3.05) is 7.11 Å². The highest BCUT2D eigenvalue weighted by Crippen LogP contribution is 2.26. The van der Waals surface area contributed by atoms with Crippen LogP contribution in [0, 0.1) is 17.5 Å². The van der Waals surface area contributed by atoms with Crippen molar-refractivity contribution in [1.29, 1.82) is 0 Å². The zero-order valence-corrected chi connectivity index (χ0v) is 11.4. The molecule has 2 aromatic carbocycles. The van der Waals surface area contributed by atoms with Crippen molar-refractivity contribution in [3.63, 3.8) is 0 Å². The molecule has 3 nitrogen and oxygen atoms in total. The van der Waals surface area contributed by atoms with Crippen LogP contribution < -0.4 is 4.74 Å². The lowest BCUT2D eigenvalue weighted by molar-refractivity contribution is 0.104. The lowest BCUT2D eigenvalue weighted by Gasteiger charge is -2.03. The molecule has 114 valence electrons. The van der Waals surface area contributed by atoms with E-state index in [4.69, 9.17) is 4.74 Å². The molecule has 2 rings (SSSR count). The van der Waals surface area contributed by atoms with E-state index in [9.17, 15) is 23.1 Å². The summed E-state index contributed by atoms with van der Waals surface area (Å²) in [5.74, 6) is -5.03. The third-order valence-electron chi connectivity index (χ3n) is 2.90. The Morgan fingerprint density at radius 1 is 1.14 bits per heavy atom. The first-order valence-corrected chi connectivity index (χ1v) is 6.16. The Balaban J connectivity index is 2.23. The van der Waals surface area contributed by atoms with Gasteiger partial charge in [-0.1, -0.05) is 12.1 Å². The molecule has 6 heteroatoms. The van der Waals surface area contributed by atoms with Crippen LogP contribution >= 0.6 is 0 Å². The van der Waals surface area contributed by atoms with Crippen molar-refractivity contribution in [2.45, 2.75) is 0 Å². The molecular weight excluding hydrogens is 297 g/mol. The number of carbonyl (C=O) groups excluding carboxylic acids is 1. The number of aromatic hydroxyl groups is 1. The van der Waals surface area contributed by atoms with Crippen LogP contribution in [0.15, 0.2) is 36.4 Å². The van der Waals surface area contributed by atoms with E-state index in [1.54, 1.807) is 6.07 Å². The van der Waals surface area contributed by atoms with Gasteiger partial charge >= 0.3 is 0 Å². The fourth-order valence-electron chi connectivity index (χ4n) is 1.78. The molecule has 0 bridgehead atoms. The topological polar surface area (TPSA) is 46.5 Å². The maximum Gasteiger partial charge on any atom is 0.194 e. The molecule has 0 fully saturated rings. The standard InChI is InChI=1S/C16H11F3O3/c1-22-15-5-3-9(6-14(15)21)2-4-13(20)10-7-11(17)16(19)12(18)8-10/h2-8,21H,1H3/b4-2+. The molecule has 0 saturated heterocycles. The number of benzene rings is 2. The van der Waals surface area contributed by atoms with Gasteiger partial charge in [0.15, 0.2) is 34.7 Å². The van der Waals surface area contributed by atoms with Crippen molar-refractivity contribution in [3.05, 3.63) is 65.0 Å². The van der Waals surface area contributed by atoms with Crippen LogP contribution in [0.25, 0.3) is 6.08 Å². The third kappa shape index (κ3) is 3.28. The zero-order valence-electron chi connectivity index (χ0n) is 11.4. The maximum absolute atomic E-state index is 13.1. The number of halogens is 3. The van der Waals surface area contributed by atoms with Gasteiger partial charge in [-0.05, 0) is 35.9 Å². The molecule has 0 saturated carbocycles. The predicted octanol–water partition coefficient (Wildman–Crippen LogP) is 3.71. The lowest BCUT2D eigenvalue weighted by atomic mass is 10.1. The molecule has 1 N–H and O–H groups in total. The molecular formula is C16H11F3O3. The minimum Gasteiger partial charge on any atom is -0.504 e. The van der Waals surface area contributed by atoms with Gasteiger partial charge in [0.05, 0.1) is 7.11 Å². The molecule has 0 unspecified atom stereocenters. The highest BCUT2D eigenvalue weighted by Gasteiger charge is 2.13. The maximum atomic E-state index is 13.1. The first-order chi connectivity index (χ1) is 10.4. The largest absolute Gasteiger partial charge is 0.504 e. The Morgan fingerprint density at radius 3 is 2.32 bits per heavy atom. The number of ether oxygens (including phenoxy) is 1. The molecule has 2 aromatic rings. The number of allylic oxidation sites excluding steroid dienone is 1. The van der Waals surface area contributed by atoms with E-state index in [0.717, 1.165) is 6.08 Å². The van der Waals surface area contributed by atoms with Gasteiger partial charge in [0.1, 0.15) is 0 Å². The van der Waals surface area contributed by atoms with E-state index in [2.05, 4.69) is 0 Å². The number of ketones is 1. The Hall–Kier alpha value is -2.76. The molecule has 0 aliphatic rings. The van der Waals surface area contributed by atoms with Gasteiger partial charge in [0.25, 0.3) is 0 Å². The Kier molecular flexibility index (Phi) is 4.50. The molecule has 0 aliphatic carbocycles. The summed E-state index contributed by atoms with van der Waals surface area (Å²) in [6, 6.07) is 5.67. The second-order valence-corrected chi connectivity index (χ2v) is 4.38. The summed E-state index contributed by atoms with van der Waals surface area (Å²) in [5, 5.41) is 9.59. The van der Waals surface area contributed by atoms with E-state index in [0.29, 0.717) is 17.7 Å². The fraction of sp³-hybridized carbons (Fsp3) is 0.0625. The second-order valence-electron chi connectivity index (χ2n) is 4.38. The summed E-state index contributed by atoms with van der Waals surface area (Å²) in [5.41, 5.74) is 0.167. The molecule has 22 heavy (non-hydrogen) atoms. The van der Waals surface area contributed by atoms with Crippen molar-refractivity contribution in [2.24, 2.45) is 0 Å². The smallest absolute Gasteiger partial charge is 0.194 e. The highest BCUT2D eigenvalue weighted by atomic mass is 19.2. The SMILES string of the molecule is COc1ccc(/C=C/C(=O)c2cc(F)c(F)c(F)c2)cc1O. The fourth-order valence-corrected chi connectivity index (χ4v) is 1.78. The predicted molar refractivity (Wildman–Crippen MR) is 74.3 cm³/mol. The summed E-state index contributed by atoms with van der Waals surface area (Å²) < 4.78 is 43.8. The van der Waals surface area contributed by atoms with Crippen LogP contribution in [-0.2, 0) is 0 Å². The van der Waals surface area contributed by atoms with Crippen LogP contribution in [0.3, 0.4) is 0 Å². The van der Waals surface area contributed by atoms with Crippen LogP contribution in [0.1, 0.15) is 15.9 Å². The Labute approximate surface area is 124 Å². The number of hydrogen-bond donors (Lipinski definition) is 1. The van der Waals surface area contributed by atoms with Crippen LogP contribution in [-0.4, -0.2) is 18.0 Å². The molecule has 0 aliphatic heterocycles. The number of rotatable bonds is 4. The highest BCUT2D eigenvalue weighted by molar-refractivity contribution is 6.06. The van der Waals surface area contributed by atoms with Gasteiger partial charge < -0.3 is 9.84 Å². The van der Waals surface area contributed by atoms with Gasteiger partial charge in [-0.25, -0.2) is 13.2 Å². The molecule has 0 heterocycles. The average Bonchev–Trinajstić information content (AvgIpc) is 2.49. The van der Waals surface area contributed by atoms with E-state index in [1.807, 2.05) is 0 Å². The molecule has 0 amide bonds. The van der Waals surface area contributed by atoms with E-state index < -0.39 is 23.2 Å². The number of methoxy groups -OCH3 is 1. The summed E-state index contributed by atoms with van der Waals surface area (Å²) in [4.78, 5) is 11.8. The summed E-state index contributed by atoms with van der Waals surface area (Å²) >= 11 is 0. The zero-order chi connectivity index (χ0) is 16.3. The van der Waals surface area contributed by atoms with E-state index in [-0.39, 0.29) is 17.1 Å². The summed E-state index contributed by atoms with van der Waals surface area (Å²) in [7, 11) is 1.39. The summed E-state index contributed by atoms with van der Waals surface area (Å²) in [6.45, 7) is 0. The van der Waals surface area contributed by atoms with Gasteiger partial charge in [0, 0.05) is 5.56 Å². The van der Waals surface area contributed by atoms with Crippen molar-refractivity contribution >= 4 is 11.9 Å². The van der Waals surface area contributed by atoms with Crippen molar-refractivity contribution < 1.29 is 27.8 Å². The van der Waals surface area contributed by atoms with Gasteiger partial charge in [0.2, 0.25) is 0 Å². The minimum absolute atomic E-state index is 0.115. The first kappa shape index (κ1) is 15.6. The second kappa shape index (κ2) is 6.34. The Morgan fingerprint density at radius 2 is 1.77 bits per heavy atom. The van der Waals surface area contributed by atoms with Crippen molar-refractivity contribution in [3.8, 4) is 11.5 Å². The molecule has 0 aromatic heterocycles. The number of hydrogen-bond acceptors (Lipinski definition) is 3. The third-order valence-corrected chi connectivity index (χ3v) is 2.90. The number of phenols is 1. The van der Waals surface area contributed by atoms with Gasteiger partial charge in [-0.15, -0.1) is 0 Å². The number of phenolic OH excluding ortho intramolecular Hbond substituents is 1. The van der Waals surface area contributed by atoms with Crippen LogP contribution in [0.5, 0.6) is 11.5 Å². The monoisotopic (exact) mass is 308 g/mol. The quantitative estimate of drug-likeness (QED) is 0.532. The molecule has 0 radical (unpaired) electrons. The molecule has 0 spiro atoms. The molecule has 0 atom stereocenters.